The van der Waals surface area contributed by atoms with Gasteiger partial charge >= 0.3 is 6.03 Å². The maximum absolute atomic E-state index is 12.1. The van der Waals surface area contributed by atoms with Gasteiger partial charge in [0.15, 0.2) is 0 Å². The minimum absolute atomic E-state index is 0.00639. The number of nitrogens with one attached hydrogen (secondary N) is 1. The van der Waals surface area contributed by atoms with Crippen molar-refractivity contribution in [1.82, 2.24) is 5.32 Å². The van der Waals surface area contributed by atoms with E-state index in [1.807, 2.05) is 19.2 Å². The van der Waals surface area contributed by atoms with Gasteiger partial charge in [-0.3, -0.25) is 4.90 Å². The third-order valence-electron chi connectivity index (χ3n) is 3.58. The van der Waals surface area contributed by atoms with Gasteiger partial charge in [0.2, 0.25) is 0 Å². The Morgan fingerprint density at radius 1 is 1.17 bits per heavy atom. The minimum Gasteiger partial charge on any atom is -0.335 e. The summed E-state index contributed by atoms with van der Waals surface area (Å²) in [7, 11) is 1.83. The van der Waals surface area contributed by atoms with Crippen molar-refractivity contribution in [2.24, 2.45) is 0 Å². The molecule has 18 heavy (non-hydrogen) atoms. The molecule has 0 atom stereocenters. The molecule has 3 nitrogen and oxygen atoms in total. The molecule has 0 heterocycles. The molecular weight excluding hydrogens is 224 g/mol. The normalized spacial score (nSPS) is 15.7. The third kappa shape index (κ3) is 3.03. The maximum atomic E-state index is 12.1. The van der Waals surface area contributed by atoms with E-state index in [0.717, 1.165) is 18.5 Å². The van der Waals surface area contributed by atoms with Crippen molar-refractivity contribution < 1.29 is 4.79 Å². The van der Waals surface area contributed by atoms with E-state index in [1.165, 1.54) is 24.0 Å². The summed E-state index contributed by atoms with van der Waals surface area (Å²) in [4.78, 5) is 13.8. The van der Waals surface area contributed by atoms with Crippen molar-refractivity contribution in [1.29, 1.82) is 0 Å². The molecule has 0 saturated heterocycles. The van der Waals surface area contributed by atoms with Crippen LogP contribution in [0.15, 0.2) is 18.2 Å². The number of rotatable bonds is 2. The van der Waals surface area contributed by atoms with Crippen molar-refractivity contribution >= 4 is 11.7 Å². The monoisotopic (exact) mass is 246 g/mol. The number of carbonyl (C=O) groups excluding carboxylic acids is 1. The Balaban J connectivity index is 2.04. The molecule has 2 amide bonds. The van der Waals surface area contributed by atoms with E-state index in [1.54, 1.807) is 4.90 Å². The summed E-state index contributed by atoms with van der Waals surface area (Å²) in [5.74, 6) is 0. The lowest BCUT2D eigenvalue weighted by Gasteiger charge is -2.21. The number of benzene rings is 1. The van der Waals surface area contributed by atoms with Crippen molar-refractivity contribution in [3.63, 3.8) is 0 Å². The highest BCUT2D eigenvalue weighted by molar-refractivity contribution is 5.91. The summed E-state index contributed by atoms with van der Waals surface area (Å²) in [6, 6.07) is 6.58. The second-order valence-electron chi connectivity index (χ2n) is 5.34. The van der Waals surface area contributed by atoms with Gasteiger partial charge in [0.25, 0.3) is 0 Å². The zero-order chi connectivity index (χ0) is 13.1. The van der Waals surface area contributed by atoms with Crippen molar-refractivity contribution in [3.05, 3.63) is 29.3 Å². The van der Waals surface area contributed by atoms with E-state index in [-0.39, 0.29) is 6.03 Å². The molecule has 0 aliphatic heterocycles. The summed E-state index contributed by atoms with van der Waals surface area (Å²) in [5, 5.41) is 3.10. The van der Waals surface area contributed by atoms with E-state index >= 15 is 0 Å². The van der Waals surface area contributed by atoms with Gasteiger partial charge in [0, 0.05) is 18.8 Å². The Morgan fingerprint density at radius 2 is 1.72 bits per heavy atom. The summed E-state index contributed by atoms with van der Waals surface area (Å²) >= 11 is 0. The van der Waals surface area contributed by atoms with Crippen LogP contribution in [0.4, 0.5) is 10.5 Å². The molecule has 3 heteroatoms. The Morgan fingerprint density at radius 3 is 2.28 bits per heavy atom. The van der Waals surface area contributed by atoms with E-state index in [4.69, 9.17) is 0 Å². The van der Waals surface area contributed by atoms with Crippen LogP contribution in [-0.2, 0) is 0 Å². The number of nitrogens with zero attached hydrogens (tertiary/aromatic N) is 1. The topological polar surface area (TPSA) is 32.3 Å². The van der Waals surface area contributed by atoms with Gasteiger partial charge in [-0.2, -0.15) is 0 Å². The van der Waals surface area contributed by atoms with E-state index < -0.39 is 0 Å². The molecule has 98 valence electrons. The Bertz CT molecular complexity index is 416. The molecule has 0 unspecified atom stereocenters. The van der Waals surface area contributed by atoms with Crippen molar-refractivity contribution in [3.8, 4) is 0 Å². The number of carbonyl (C=O) groups is 1. The van der Waals surface area contributed by atoms with Gasteiger partial charge < -0.3 is 5.32 Å². The highest BCUT2D eigenvalue weighted by Crippen LogP contribution is 2.20. The predicted molar refractivity (Wildman–Crippen MR) is 75.1 cm³/mol. The lowest BCUT2D eigenvalue weighted by molar-refractivity contribution is 0.244. The van der Waals surface area contributed by atoms with E-state index in [9.17, 15) is 4.79 Å². The second kappa shape index (κ2) is 5.42. The molecule has 1 aromatic carbocycles. The summed E-state index contributed by atoms with van der Waals surface area (Å²) in [6.45, 7) is 4.11. The highest BCUT2D eigenvalue weighted by atomic mass is 16.2. The zero-order valence-electron chi connectivity index (χ0n) is 11.5. The number of hydrogen-bond donors (Lipinski definition) is 1. The molecule has 0 spiro atoms. The molecule has 1 saturated carbocycles. The number of anilines is 1. The average molecular weight is 246 g/mol. The van der Waals surface area contributed by atoms with Crippen molar-refractivity contribution in [2.45, 2.75) is 45.6 Å². The first-order valence-corrected chi connectivity index (χ1v) is 6.69. The van der Waals surface area contributed by atoms with Crippen LogP contribution >= 0.6 is 0 Å². The summed E-state index contributed by atoms with van der Waals surface area (Å²) < 4.78 is 0. The quantitative estimate of drug-likeness (QED) is 0.852. The third-order valence-corrected chi connectivity index (χ3v) is 3.58. The standard InChI is InChI=1S/C15H22N2O/c1-11-8-12(2)10-14(9-11)17(3)15(18)16-13-6-4-5-7-13/h8-10,13H,4-7H2,1-3H3,(H,16,18). The maximum Gasteiger partial charge on any atom is 0.321 e. The molecular formula is C15H22N2O. The number of hydrogen-bond acceptors (Lipinski definition) is 1. The van der Waals surface area contributed by atoms with Crippen LogP contribution < -0.4 is 10.2 Å². The first-order valence-electron chi connectivity index (χ1n) is 6.69. The largest absolute Gasteiger partial charge is 0.335 e. The Hall–Kier alpha value is -1.51. The smallest absolute Gasteiger partial charge is 0.321 e. The van der Waals surface area contributed by atoms with Crippen LogP contribution in [0.25, 0.3) is 0 Å². The van der Waals surface area contributed by atoms with Crippen LogP contribution in [0, 0.1) is 13.8 Å². The molecule has 1 fully saturated rings. The molecule has 1 aliphatic rings. The SMILES string of the molecule is Cc1cc(C)cc(N(C)C(=O)NC2CCCC2)c1. The highest BCUT2D eigenvalue weighted by Gasteiger charge is 2.19. The molecule has 2 rings (SSSR count). The fourth-order valence-corrected chi connectivity index (χ4v) is 2.60. The molecule has 0 radical (unpaired) electrons. The summed E-state index contributed by atoms with van der Waals surface area (Å²) in [6.07, 6.45) is 4.70. The average Bonchev–Trinajstić information content (AvgIpc) is 2.79. The van der Waals surface area contributed by atoms with Gasteiger partial charge in [-0.1, -0.05) is 18.9 Å². The number of urea groups is 1. The van der Waals surface area contributed by atoms with Crippen LogP contribution in [0.2, 0.25) is 0 Å². The fourth-order valence-electron chi connectivity index (χ4n) is 2.60. The van der Waals surface area contributed by atoms with Gasteiger partial charge in [0.1, 0.15) is 0 Å². The first-order chi connectivity index (χ1) is 8.56. The summed E-state index contributed by atoms with van der Waals surface area (Å²) in [5.41, 5.74) is 3.33. The van der Waals surface area contributed by atoms with Crippen LogP contribution in [0.3, 0.4) is 0 Å². The molecule has 1 aromatic rings. The fraction of sp³-hybridized carbons (Fsp3) is 0.533. The minimum atomic E-state index is 0.00639. The van der Waals surface area contributed by atoms with Gasteiger partial charge in [-0.05, 0) is 49.9 Å². The van der Waals surface area contributed by atoms with E-state index in [2.05, 4.69) is 25.2 Å². The Kier molecular flexibility index (Phi) is 3.90. The lowest BCUT2D eigenvalue weighted by atomic mass is 10.1. The molecule has 1 N–H and O–H groups in total. The molecule has 1 aliphatic carbocycles. The second-order valence-corrected chi connectivity index (χ2v) is 5.34. The lowest BCUT2D eigenvalue weighted by Crippen LogP contribution is -2.42. The van der Waals surface area contributed by atoms with Gasteiger partial charge in [0.05, 0.1) is 0 Å². The van der Waals surface area contributed by atoms with Crippen LogP contribution in [0.5, 0.6) is 0 Å². The zero-order valence-corrected chi connectivity index (χ0v) is 11.5. The van der Waals surface area contributed by atoms with E-state index in [0.29, 0.717) is 6.04 Å². The first kappa shape index (κ1) is 12.9. The predicted octanol–water partition coefficient (Wildman–Crippen LogP) is 3.39. The van der Waals surface area contributed by atoms with Gasteiger partial charge in [-0.15, -0.1) is 0 Å². The molecule has 0 bridgehead atoms. The Labute approximate surface area is 109 Å². The number of aryl methyl sites for hydroxylation is 2. The van der Waals surface area contributed by atoms with Crippen LogP contribution in [-0.4, -0.2) is 19.1 Å². The molecule has 0 aromatic heterocycles. The van der Waals surface area contributed by atoms with Gasteiger partial charge in [-0.25, -0.2) is 4.79 Å². The van der Waals surface area contributed by atoms with Crippen molar-refractivity contribution in [2.75, 3.05) is 11.9 Å². The van der Waals surface area contributed by atoms with Crippen LogP contribution in [0.1, 0.15) is 36.8 Å². The number of amides is 2.